The second-order valence-corrected chi connectivity index (χ2v) is 3.57. The molecule has 0 heterocycles. The number of benzene rings is 1. The number of alkyl halides is 1. The lowest BCUT2D eigenvalue weighted by atomic mass is 9.90. The summed E-state index contributed by atoms with van der Waals surface area (Å²) in [5, 5.41) is 0.717. The Morgan fingerprint density at radius 1 is 1.42 bits per heavy atom. The molecule has 12 heavy (non-hydrogen) atoms. The standard InChI is InChI=1S/C10H10ClF/c11-9-5-1-4-8-7(9)3-2-6-10(8)12/h1,4-5,10H,2-3,6H2. The lowest BCUT2D eigenvalue weighted by Gasteiger charge is -2.20. The number of fused-ring (bicyclic) bond motifs is 1. The van der Waals surface area contributed by atoms with E-state index in [0.717, 1.165) is 29.0 Å². The number of halogens is 2. The molecular formula is C10H10ClF. The first-order chi connectivity index (χ1) is 5.79. The van der Waals surface area contributed by atoms with Gasteiger partial charge in [-0.3, -0.25) is 0 Å². The van der Waals surface area contributed by atoms with Crippen LogP contribution in [-0.4, -0.2) is 0 Å². The third kappa shape index (κ3) is 1.22. The Labute approximate surface area is 76.4 Å². The van der Waals surface area contributed by atoms with Gasteiger partial charge in [0.25, 0.3) is 0 Å². The summed E-state index contributed by atoms with van der Waals surface area (Å²) in [5.41, 5.74) is 1.81. The van der Waals surface area contributed by atoms with Crippen LogP contribution in [0.1, 0.15) is 30.1 Å². The second-order valence-electron chi connectivity index (χ2n) is 3.17. The molecule has 0 saturated carbocycles. The van der Waals surface area contributed by atoms with E-state index in [9.17, 15) is 4.39 Å². The summed E-state index contributed by atoms with van der Waals surface area (Å²) in [6.07, 6.45) is 1.69. The van der Waals surface area contributed by atoms with Crippen molar-refractivity contribution in [3.8, 4) is 0 Å². The maximum absolute atomic E-state index is 13.3. The molecule has 2 heteroatoms. The van der Waals surface area contributed by atoms with Crippen LogP contribution in [0.3, 0.4) is 0 Å². The summed E-state index contributed by atoms with van der Waals surface area (Å²) in [7, 11) is 0. The molecule has 1 unspecified atom stereocenters. The molecule has 1 aliphatic carbocycles. The number of hydrogen-bond donors (Lipinski definition) is 0. The average Bonchev–Trinajstić information content (AvgIpc) is 2.07. The van der Waals surface area contributed by atoms with E-state index < -0.39 is 6.17 Å². The monoisotopic (exact) mass is 184 g/mol. The molecule has 0 radical (unpaired) electrons. The van der Waals surface area contributed by atoms with Crippen molar-refractivity contribution in [1.29, 1.82) is 0 Å². The van der Waals surface area contributed by atoms with Crippen LogP contribution in [0, 0.1) is 0 Å². The Bertz CT molecular complexity index is 296. The first-order valence-electron chi connectivity index (χ1n) is 4.20. The SMILES string of the molecule is FC1CCCc2c(Cl)cccc21. The molecule has 0 spiro atoms. The summed E-state index contributed by atoms with van der Waals surface area (Å²) in [5.74, 6) is 0. The van der Waals surface area contributed by atoms with E-state index >= 15 is 0 Å². The van der Waals surface area contributed by atoms with Crippen molar-refractivity contribution in [1.82, 2.24) is 0 Å². The molecule has 0 amide bonds. The molecule has 0 aromatic heterocycles. The van der Waals surface area contributed by atoms with Crippen molar-refractivity contribution in [3.05, 3.63) is 34.3 Å². The lowest BCUT2D eigenvalue weighted by Crippen LogP contribution is -2.06. The van der Waals surface area contributed by atoms with Crippen molar-refractivity contribution in [2.75, 3.05) is 0 Å². The van der Waals surface area contributed by atoms with Gasteiger partial charge >= 0.3 is 0 Å². The highest BCUT2D eigenvalue weighted by molar-refractivity contribution is 6.31. The van der Waals surface area contributed by atoms with Gasteiger partial charge in [0.1, 0.15) is 6.17 Å². The number of rotatable bonds is 0. The van der Waals surface area contributed by atoms with Gasteiger partial charge in [0.2, 0.25) is 0 Å². The summed E-state index contributed by atoms with van der Waals surface area (Å²) >= 11 is 5.94. The largest absolute Gasteiger partial charge is 0.242 e. The molecule has 2 rings (SSSR count). The molecule has 0 nitrogen and oxygen atoms in total. The van der Waals surface area contributed by atoms with Gasteiger partial charge in [-0.2, -0.15) is 0 Å². The van der Waals surface area contributed by atoms with Crippen molar-refractivity contribution in [2.45, 2.75) is 25.4 Å². The smallest absolute Gasteiger partial charge is 0.125 e. The highest BCUT2D eigenvalue weighted by Gasteiger charge is 2.20. The summed E-state index contributed by atoms with van der Waals surface area (Å²) in [4.78, 5) is 0. The first kappa shape index (κ1) is 8.06. The maximum Gasteiger partial charge on any atom is 0.125 e. The summed E-state index contributed by atoms with van der Waals surface area (Å²) in [6.45, 7) is 0. The van der Waals surface area contributed by atoms with Crippen molar-refractivity contribution >= 4 is 11.6 Å². The molecule has 1 aromatic carbocycles. The molecule has 0 bridgehead atoms. The average molecular weight is 185 g/mol. The molecule has 1 aromatic rings. The van der Waals surface area contributed by atoms with Gasteiger partial charge in [0.15, 0.2) is 0 Å². The van der Waals surface area contributed by atoms with E-state index in [2.05, 4.69) is 0 Å². The Kier molecular flexibility index (Phi) is 2.05. The first-order valence-corrected chi connectivity index (χ1v) is 4.58. The minimum absolute atomic E-state index is 0.646. The minimum atomic E-state index is -0.799. The number of hydrogen-bond acceptors (Lipinski definition) is 0. The predicted molar refractivity (Wildman–Crippen MR) is 48.2 cm³/mol. The Morgan fingerprint density at radius 3 is 3.00 bits per heavy atom. The van der Waals surface area contributed by atoms with E-state index in [1.54, 1.807) is 0 Å². The molecule has 1 aliphatic rings. The lowest BCUT2D eigenvalue weighted by molar-refractivity contribution is 0.302. The van der Waals surface area contributed by atoms with E-state index in [-0.39, 0.29) is 0 Å². The molecule has 0 fully saturated rings. The molecule has 0 saturated heterocycles. The van der Waals surface area contributed by atoms with E-state index in [0.29, 0.717) is 6.42 Å². The minimum Gasteiger partial charge on any atom is -0.242 e. The van der Waals surface area contributed by atoms with Crippen LogP contribution < -0.4 is 0 Å². The van der Waals surface area contributed by atoms with Crippen LogP contribution in [-0.2, 0) is 6.42 Å². The van der Waals surface area contributed by atoms with E-state index in [1.165, 1.54) is 0 Å². The molecule has 0 aliphatic heterocycles. The van der Waals surface area contributed by atoms with Crippen LogP contribution in [0.25, 0.3) is 0 Å². The van der Waals surface area contributed by atoms with Crippen LogP contribution in [0.5, 0.6) is 0 Å². The van der Waals surface area contributed by atoms with Crippen LogP contribution in [0.2, 0.25) is 5.02 Å². The maximum atomic E-state index is 13.3. The zero-order valence-electron chi connectivity index (χ0n) is 6.69. The predicted octanol–water partition coefficient (Wildman–Crippen LogP) is 3.69. The topological polar surface area (TPSA) is 0 Å². The fourth-order valence-electron chi connectivity index (χ4n) is 1.75. The Balaban J connectivity index is 2.52. The Hall–Kier alpha value is -0.560. The normalized spacial score (nSPS) is 22.0. The van der Waals surface area contributed by atoms with Crippen molar-refractivity contribution < 1.29 is 4.39 Å². The van der Waals surface area contributed by atoms with Gasteiger partial charge in [0, 0.05) is 5.02 Å². The van der Waals surface area contributed by atoms with Crippen LogP contribution in [0.4, 0.5) is 4.39 Å². The quantitative estimate of drug-likeness (QED) is 0.577. The van der Waals surface area contributed by atoms with Gasteiger partial charge < -0.3 is 0 Å². The fraction of sp³-hybridized carbons (Fsp3) is 0.400. The molecular weight excluding hydrogens is 175 g/mol. The third-order valence-electron chi connectivity index (χ3n) is 2.38. The van der Waals surface area contributed by atoms with Gasteiger partial charge in [0.05, 0.1) is 0 Å². The van der Waals surface area contributed by atoms with Gasteiger partial charge in [-0.05, 0) is 36.5 Å². The second kappa shape index (κ2) is 3.06. The third-order valence-corrected chi connectivity index (χ3v) is 2.73. The van der Waals surface area contributed by atoms with Crippen molar-refractivity contribution in [2.24, 2.45) is 0 Å². The van der Waals surface area contributed by atoms with E-state index in [4.69, 9.17) is 11.6 Å². The van der Waals surface area contributed by atoms with Crippen molar-refractivity contribution in [3.63, 3.8) is 0 Å². The molecule has 0 N–H and O–H groups in total. The van der Waals surface area contributed by atoms with Gasteiger partial charge in [-0.1, -0.05) is 23.7 Å². The highest BCUT2D eigenvalue weighted by Crippen LogP contribution is 2.35. The molecule has 64 valence electrons. The zero-order valence-corrected chi connectivity index (χ0v) is 7.44. The Morgan fingerprint density at radius 2 is 2.25 bits per heavy atom. The fourth-order valence-corrected chi connectivity index (χ4v) is 2.02. The summed E-state index contributed by atoms with van der Waals surface area (Å²) in [6, 6.07) is 5.49. The van der Waals surface area contributed by atoms with Gasteiger partial charge in [-0.15, -0.1) is 0 Å². The van der Waals surface area contributed by atoms with Gasteiger partial charge in [-0.25, -0.2) is 4.39 Å². The summed E-state index contributed by atoms with van der Waals surface area (Å²) < 4.78 is 13.3. The van der Waals surface area contributed by atoms with Crippen LogP contribution >= 0.6 is 11.6 Å². The molecule has 1 atom stereocenters. The van der Waals surface area contributed by atoms with E-state index in [1.807, 2.05) is 18.2 Å². The highest BCUT2D eigenvalue weighted by atomic mass is 35.5. The van der Waals surface area contributed by atoms with Crippen LogP contribution in [0.15, 0.2) is 18.2 Å². The zero-order chi connectivity index (χ0) is 8.55.